The molecule has 0 bridgehead atoms. The SMILES string of the molecule is CC[C@H](CC(=O)[C@H](c1ccc(OC)c(I)c1)N(C)C(=O)OC(C)(C)C)C(=O)N[C@@H](Cc1ccc(OC)c(C)c1)C(=O)OC. The van der Waals surface area contributed by atoms with Crippen molar-refractivity contribution in [3.05, 3.63) is 56.7 Å². The fourth-order valence-corrected chi connectivity index (χ4v) is 5.38. The number of halogens is 1. The number of hydrogen-bond donors (Lipinski definition) is 1. The highest BCUT2D eigenvalue weighted by molar-refractivity contribution is 14.1. The number of Topliss-reactive ketones (excluding diaryl/α,β-unsaturated/α-hetero) is 1. The summed E-state index contributed by atoms with van der Waals surface area (Å²) in [6, 6.07) is 8.75. The van der Waals surface area contributed by atoms with Gasteiger partial charge in [0, 0.05) is 25.8 Å². The Morgan fingerprint density at radius 2 is 1.60 bits per heavy atom. The van der Waals surface area contributed by atoms with Crippen molar-refractivity contribution in [2.24, 2.45) is 5.92 Å². The number of ketones is 1. The van der Waals surface area contributed by atoms with Gasteiger partial charge in [0.25, 0.3) is 0 Å². The van der Waals surface area contributed by atoms with E-state index in [0.717, 1.165) is 14.7 Å². The summed E-state index contributed by atoms with van der Waals surface area (Å²) in [4.78, 5) is 54.3. The van der Waals surface area contributed by atoms with Crippen molar-refractivity contribution in [1.29, 1.82) is 0 Å². The fraction of sp³-hybridized carbons (Fsp3) is 0.500. The minimum absolute atomic E-state index is 0.168. The van der Waals surface area contributed by atoms with Crippen molar-refractivity contribution in [3.63, 3.8) is 0 Å². The van der Waals surface area contributed by atoms with Gasteiger partial charge >= 0.3 is 12.1 Å². The Bertz CT molecular complexity index is 1310. The summed E-state index contributed by atoms with van der Waals surface area (Å²) < 4.78 is 21.9. The van der Waals surface area contributed by atoms with Crippen LogP contribution in [0.1, 0.15) is 63.3 Å². The van der Waals surface area contributed by atoms with E-state index in [1.165, 1.54) is 19.1 Å². The normalized spacial score (nSPS) is 13.3. The molecule has 0 aliphatic rings. The van der Waals surface area contributed by atoms with Crippen molar-refractivity contribution in [1.82, 2.24) is 10.2 Å². The van der Waals surface area contributed by atoms with Crippen LogP contribution in [0, 0.1) is 16.4 Å². The van der Waals surface area contributed by atoms with Gasteiger partial charge in [-0.3, -0.25) is 14.5 Å². The molecule has 0 heterocycles. The molecular weight excluding hydrogens is 667 g/mol. The average Bonchev–Trinajstić information content (AvgIpc) is 2.94. The number of nitrogens with one attached hydrogen (secondary N) is 1. The molecule has 2 aromatic carbocycles. The molecule has 1 N–H and O–H groups in total. The van der Waals surface area contributed by atoms with Crippen LogP contribution in [-0.2, 0) is 30.3 Å². The van der Waals surface area contributed by atoms with E-state index in [2.05, 4.69) is 27.9 Å². The van der Waals surface area contributed by atoms with Gasteiger partial charge in [-0.25, -0.2) is 9.59 Å². The number of hydrogen-bond acceptors (Lipinski definition) is 8. The maximum atomic E-state index is 13.9. The molecule has 0 unspecified atom stereocenters. The van der Waals surface area contributed by atoms with Crippen LogP contribution in [0.15, 0.2) is 36.4 Å². The van der Waals surface area contributed by atoms with Crippen molar-refractivity contribution in [3.8, 4) is 11.5 Å². The molecule has 0 aliphatic carbocycles. The van der Waals surface area contributed by atoms with Crippen LogP contribution in [0.25, 0.3) is 0 Å². The van der Waals surface area contributed by atoms with Crippen molar-refractivity contribution in [2.75, 3.05) is 28.4 Å². The number of esters is 1. The first kappa shape index (κ1) is 35.8. The highest BCUT2D eigenvalue weighted by atomic mass is 127. The summed E-state index contributed by atoms with van der Waals surface area (Å²) in [7, 11) is 5.89. The molecule has 0 spiro atoms. The Hall–Kier alpha value is -3.35. The third-order valence-electron chi connectivity index (χ3n) is 6.88. The number of methoxy groups -OCH3 is 3. The number of likely N-dealkylation sites (N-methyl/N-ethyl adjacent to an activating group) is 1. The Morgan fingerprint density at radius 1 is 0.977 bits per heavy atom. The smallest absolute Gasteiger partial charge is 0.410 e. The van der Waals surface area contributed by atoms with Gasteiger partial charge < -0.3 is 24.3 Å². The Kier molecular flexibility index (Phi) is 13.3. The first-order chi connectivity index (χ1) is 20.1. The lowest BCUT2D eigenvalue weighted by molar-refractivity contribution is -0.145. The second-order valence-corrected chi connectivity index (χ2v) is 12.4. The topological polar surface area (TPSA) is 120 Å². The van der Waals surface area contributed by atoms with Crippen LogP contribution in [0.3, 0.4) is 0 Å². The minimum Gasteiger partial charge on any atom is -0.496 e. The van der Waals surface area contributed by atoms with Crippen LogP contribution >= 0.6 is 22.6 Å². The van der Waals surface area contributed by atoms with Crippen molar-refractivity contribution in [2.45, 2.75) is 71.6 Å². The largest absolute Gasteiger partial charge is 0.496 e. The third-order valence-corrected chi connectivity index (χ3v) is 7.72. The van der Waals surface area contributed by atoms with Gasteiger partial charge in [-0.1, -0.05) is 25.1 Å². The number of ether oxygens (including phenoxy) is 4. The molecule has 43 heavy (non-hydrogen) atoms. The van der Waals surface area contributed by atoms with Gasteiger partial charge in [-0.05, 0) is 91.6 Å². The van der Waals surface area contributed by atoms with Crippen LogP contribution in [-0.4, -0.2) is 68.7 Å². The van der Waals surface area contributed by atoms with Gasteiger partial charge in [0.15, 0.2) is 5.78 Å². The molecule has 3 atom stereocenters. The van der Waals surface area contributed by atoms with E-state index in [1.807, 2.05) is 19.1 Å². The Labute approximate surface area is 267 Å². The second-order valence-electron chi connectivity index (χ2n) is 11.3. The quantitative estimate of drug-likeness (QED) is 0.217. The van der Waals surface area contributed by atoms with Crippen molar-refractivity contribution < 1.29 is 38.1 Å². The number of nitrogens with zero attached hydrogens (tertiary/aromatic N) is 1. The van der Waals surface area contributed by atoms with Crippen molar-refractivity contribution >= 4 is 46.3 Å². The number of aryl methyl sites for hydroxylation is 1. The summed E-state index contributed by atoms with van der Waals surface area (Å²) in [5, 5.41) is 2.79. The molecule has 11 heteroatoms. The number of carbonyl (C=O) groups is 4. The highest BCUT2D eigenvalue weighted by Gasteiger charge is 2.35. The lowest BCUT2D eigenvalue weighted by Crippen LogP contribution is -2.46. The van der Waals surface area contributed by atoms with Gasteiger partial charge in [-0.15, -0.1) is 0 Å². The first-order valence-corrected chi connectivity index (χ1v) is 15.1. The van der Waals surface area contributed by atoms with Gasteiger partial charge in [0.05, 0.1) is 24.9 Å². The molecule has 0 fully saturated rings. The van der Waals surface area contributed by atoms with E-state index in [0.29, 0.717) is 23.5 Å². The molecule has 0 saturated heterocycles. The lowest BCUT2D eigenvalue weighted by Gasteiger charge is -2.31. The second kappa shape index (κ2) is 15.9. The van der Waals surface area contributed by atoms with Crippen LogP contribution in [0.5, 0.6) is 11.5 Å². The van der Waals surface area contributed by atoms with Gasteiger partial charge in [-0.2, -0.15) is 0 Å². The van der Waals surface area contributed by atoms with E-state index < -0.39 is 41.6 Å². The zero-order valence-electron chi connectivity index (χ0n) is 26.4. The molecule has 2 amide bonds. The number of benzene rings is 2. The summed E-state index contributed by atoms with van der Waals surface area (Å²) in [5.41, 5.74) is 1.48. The van der Waals surface area contributed by atoms with E-state index >= 15 is 0 Å². The number of amides is 2. The molecule has 2 aromatic rings. The lowest BCUT2D eigenvalue weighted by atomic mass is 9.91. The number of carbonyl (C=O) groups excluding carboxylic acids is 4. The first-order valence-electron chi connectivity index (χ1n) is 14.0. The molecule has 2 rings (SSSR count). The van der Waals surface area contributed by atoms with Crippen LogP contribution in [0.2, 0.25) is 0 Å². The monoisotopic (exact) mass is 710 g/mol. The molecular formula is C32H43IN2O8. The molecule has 0 radical (unpaired) electrons. The summed E-state index contributed by atoms with van der Waals surface area (Å²) in [5.74, 6) is -0.828. The summed E-state index contributed by atoms with van der Waals surface area (Å²) in [6.45, 7) is 8.92. The number of rotatable bonds is 13. The molecule has 0 aromatic heterocycles. The standard InChI is InChI=1S/C32H43IN2O8/c1-10-21(29(37)34-24(30(38)42-9)16-20-11-13-26(40-7)19(2)15-20)18-25(36)28(35(6)31(39)43-32(3,4)5)22-12-14-27(41-8)23(33)17-22/h11-15,17,21,24,28H,10,16,18H2,1-9H3,(H,34,37)/t21-,24+,28+/m1/s1. The predicted octanol–water partition coefficient (Wildman–Crippen LogP) is 5.41. The molecule has 0 aliphatic heterocycles. The average molecular weight is 711 g/mol. The highest BCUT2D eigenvalue weighted by Crippen LogP contribution is 2.31. The van der Waals surface area contributed by atoms with E-state index in [-0.39, 0.29) is 18.6 Å². The van der Waals surface area contributed by atoms with Gasteiger partial charge in [0.1, 0.15) is 29.2 Å². The predicted molar refractivity (Wildman–Crippen MR) is 171 cm³/mol. The summed E-state index contributed by atoms with van der Waals surface area (Å²) >= 11 is 2.10. The Morgan fingerprint density at radius 3 is 2.12 bits per heavy atom. The molecule has 10 nitrogen and oxygen atoms in total. The zero-order chi connectivity index (χ0) is 32.5. The van der Waals surface area contributed by atoms with E-state index in [4.69, 9.17) is 18.9 Å². The van der Waals surface area contributed by atoms with Gasteiger partial charge in [0.2, 0.25) is 5.91 Å². The third kappa shape index (κ3) is 10.1. The Balaban J connectivity index is 2.33. The fourth-order valence-electron chi connectivity index (χ4n) is 4.62. The molecule has 0 saturated carbocycles. The molecule has 236 valence electrons. The summed E-state index contributed by atoms with van der Waals surface area (Å²) in [6.07, 6.45) is -0.314. The maximum absolute atomic E-state index is 13.9. The maximum Gasteiger partial charge on any atom is 0.410 e. The van der Waals surface area contributed by atoms with E-state index in [1.54, 1.807) is 66.2 Å². The van der Waals surface area contributed by atoms with E-state index in [9.17, 15) is 19.2 Å². The van der Waals surface area contributed by atoms with Crippen LogP contribution < -0.4 is 14.8 Å². The zero-order valence-corrected chi connectivity index (χ0v) is 28.6. The van der Waals surface area contributed by atoms with Crippen LogP contribution in [0.4, 0.5) is 4.79 Å². The minimum atomic E-state index is -1.02.